The van der Waals surface area contributed by atoms with E-state index in [1.165, 1.54) is 12.1 Å². The molecule has 1 unspecified atom stereocenters. The molecule has 5 nitrogen and oxygen atoms in total. The van der Waals surface area contributed by atoms with Crippen LogP contribution in [0.3, 0.4) is 0 Å². The molecule has 176 valence electrons. The van der Waals surface area contributed by atoms with Crippen LogP contribution in [0.1, 0.15) is 45.9 Å². The van der Waals surface area contributed by atoms with Crippen LogP contribution in [-0.4, -0.2) is 34.8 Å². The summed E-state index contributed by atoms with van der Waals surface area (Å²) < 4.78 is 38.3. The Kier molecular flexibility index (Phi) is 6.95. The van der Waals surface area contributed by atoms with E-state index in [0.29, 0.717) is 25.9 Å². The van der Waals surface area contributed by atoms with Gasteiger partial charge in [-0.05, 0) is 60.4 Å². The lowest BCUT2D eigenvalue weighted by Crippen LogP contribution is -2.43. The number of benzene rings is 2. The lowest BCUT2D eigenvalue weighted by molar-refractivity contribution is -0.137. The molecule has 1 aromatic heterocycles. The summed E-state index contributed by atoms with van der Waals surface area (Å²) in [5, 5.41) is 3.14. The molecule has 8 heteroatoms. The monoisotopic (exact) mass is 467 g/mol. The minimum Gasteiger partial charge on any atom is -0.345 e. The average molecular weight is 467 g/mol. The molecule has 2 amide bonds. The highest BCUT2D eigenvalue weighted by Crippen LogP contribution is 2.30. The van der Waals surface area contributed by atoms with Crippen LogP contribution in [0.25, 0.3) is 0 Å². The molecule has 0 spiro atoms. The van der Waals surface area contributed by atoms with Gasteiger partial charge < -0.3 is 10.2 Å². The van der Waals surface area contributed by atoms with Crippen molar-refractivity contribution in [2.24, 2.45) is 5.92 Å². The number of amides is 2. The fraction of sp³-hybridized carbons (Fsp3) is 0.269. The van der Waals surface area contributed by atoms with Gasteiger partial charge in [-0.25, -0.2) is 0 Å². The highest BCUT2D eigenvalue weighted by Gasteiger charge is 2.32. The Morgan fingerprint density at radius 2 is 1.47 bits per heavy atom. The van der Waals surface area contributed by atoms with Crippen molar-refractivity contribution in [3.63, 3.8) is 0 Å². The van der Waals surface area contributed by atoms with E-state index < -0.39 is 11.7 Å². The summed E-state index contributed by atoms with van der Waals surface area (Å²) in [6, 6.07) is 17.3. The summed E-state index contributed by atoms with van der Waals surface area (Å²) in [6.45, 7) is 0.729. The zero-order chi connectivity index (χ0) is 24.1. The first kappa shape index (κ1) is 23.5. The number of nitrogens with one attached hydrogen (secondary N) is 1. The van der Waals surface area contributed by atoms with Crippen LogP contribution in [-0.2, 0) is 11.0 Å². The first-order chi connectivity index (χ1) is 16.3. The average Bonchev–Trinajstić information content (AvgIpc) is 2.87. The zero-order valence-corrected chi connectivity index (χ0v) is 18.3. The molecule has 1 N–H and O–H groups in total. The Balaban J connectivity index is 1.38. The van der Waals surface area contributed by atoms with Crippen LogP contribution < -0.4 is 5.32 Å². The lowest BCUT2D eigenvalue weighted by atomic mass is 9.93. The summed E-state index contributed by atoms with van der Waals surface area (Å²) in [4.78, 5) is 31.5. The van der Waals surface area contributed by atoms with Gasteiger partial charge in [-0.1, -0.05) is 30.3 Å². The number of carbonyl (C=O) groups is 2. The third kappa shape index (κ3) is 5.44. The van der Waals surface area contributed by atoms with Crippen molar-refractivity contribution in [2.45, 2.75) is 25.1 Å². The van der Waals surface area contributed by atoms with Gasteiger partial charge >= 0.3 is 6.18 Å². The van der Waals surface area contributed by atoms with E-state index >= 15 is 0 Å². The zero-order valence-electron chi connectivity index (χ0n) is 18.3. The van der Waals surface area contributed by atoms with E-state index in [0.717, 1.165) is 23.3 Å². The van der Waals surface area contributed by atoms with Crippen molar-refractivity contribution < 1.29 is 22.8 Å². The van der Waals surface area contributed by atoms with Crippen molar-refractivity contribution >= 4 is 11.8 Å². The number of alkyl halides is 3. The van der Waals surface area contributed by atoms with Gasteiger partial charge in [0.25, 0.3) is 5.91 Å². The molecule has 2 heterocycles. The van der Waals surface area contributed by atoms with Crippen molar-refractivity contribution in [1.82, 2.24) is 15.2 Å². The third-order valence-electron chi connectivity index (χ3n) is 6.07. The number of halogens is 3. The van der Waals surface area contributed by atoms with Gasteiger partial charge in [0.15, 0.2) is 0 Å². The Hall–Kier alpha value is -3.68. The molecular weight excluding hydrogens is 443 g/mol. The van der Waals surface area contributed by atoms with Crippen LogP contribution in [0.5, 0.6) is 0 Å². The fourth-order valence-electron chi connectivity index (χ4n) is 4.15. The molecule has 1 aliphatic rings. The highest BCUT2D eigenvalue weighted by molar-refractivity contribution is 5.94. The van der Waals surface area contributed by atoms with Crippen LogP contribution in [0.2, 0.25) is 0 Å². The van der Waals surface area contributed by atoms with Crippen LogP contribution in [0, 0.1) is 5.92 Å². The quantitative estimate of drug-likeness (QED) is 0.583. The minimum absolute atomic E-state index is 0.0905. The molecule has 1 atom stereocenters. The van der Waals surface area contributed by atoms with Crippen LogP contribution >= 0.6 is 0 Å². The first-order valence-corrected chi connectivity index (χ1v) is 11.0. The second-order valence-corrected chi connectivity index (χ2v) is 8.27. The Morgan fingerprint density at radius 3 is 2.06 bits per heavy atom. The lowest BCUT2D eigenvalue weighted by Gasteiger charge is -2.32. The predicted molar refractivity (Wildman–Crippen MR) is 121 cm³/mol. The highest BCUT2D eigenvalue weighted by atomic mass is 19.4. The molecule has 1 aliphatic heterocycles. The van der Waals surface area contributed by atoms with Crippen molar-refractivity contribution in [3.05, 3.63) is 101 Å². The van der Waals surface area contributed by atoms with E-state index in [4.69, 9.17) is 0 Å². The molecule has 0 bridgehead atoms. The topological polar surface area (TPSA) is 62.3 Å². The van der Waals surface area contributed by atoms with E-state index in [2.05, 4.69) is 10.3 Å². The normalized spacial score (nSPS) is 15.6. The summed E-state index contributed by atoms with van der Waals surface area (Å²) in [5.74, 6) is -0.677. The number of hydrogen-bond donors (Lipinski definition) is 1. The van der Waals surface area contributed by atoms with E-state index in [1.54, 1.807) is 17.3 Å². The van der Waals surface area contributed by atoms with Gasteiger partial charge in [0.1, 0.15) is 0 Å². The molecule has 0 saturated carbocycles. The van der Waals surface area contributed by atoms with Gasteiger partial charge in [0, 0.05) is 37.0 Å². The standard InChI is InChI=1S/C26H24F3N3O2/c27-26(28,29)22-8-6-21(7-9-22)25(34)32-16-12-20(13-17-32)24(33)31-23(18-4-2-1-3-5-18)19-10-14-30-15-11-19/h1-11,14-15,20,23H,12-13,16-17H2,(H,31,33). The number of pyridine rings is 1. The Labute approximate surface area is 195 Å². The van der Waals surface area contributed by atoms with Crippen molar-refractivity contribution in [1.29, 1.82) is 0 Å². The minimum atomic E-state index is -4.44. The maximum absolute atomic E-state index is 13.1. The summed E-state index contributed by atoms with van der Waals surface area (Å²) in [6.07, 6.45) is -0.112. The number of nitrogens with zero attached hydrogens (tertiary/aromatic N) is 2. The molecular formula is C26H24F3N3O2. The van der Waals surface area contributed by atoms with Gasteiger partial charge in [-0.3, -0.25) is 14.6 Å². The van der Waals surface area contributed by atoms with Gasteiger partial charge in [-0.15, -0.1) is 0 Å². The molecule has 1 fully saturated rings. The largest absolute Gasteiger partial charge is 0.416 e. The summed E-state index contributed by atoms with van der Waals surface area (Å²) in [5.41, 5.74) is 1.29. The van der Waals surface area contributed by atoms with Crippen molar-refractivity contribution in [2.75, 3.05) is 13.1 Å². The molecule has 1 saturated heterocycles. The number of likely N-dealkylation sites (tertiary alicyclic amines) is 1. The van der Waals surface area contributed by atoms with Gasteiger partial charge in [-0.2, -0.15) is 13.2 Å². The SMILES string of the molecule is O=C(NC(c1ccccc1)c1ccncc1)C1CCN(C(=O)c2ccc(C(F)(F)F)cc2)CC1. The number of aromatic nitrogens is 1. The Bertz CT molecular complexity index is 1070. The van der Waals surface area contributed by atoms with Gasteiger partial charge in [0.05, 0.1) is 11.6 Å². The Morgan fingerprint density at radius 1 is 0.882 bits per heavy atom. The van der Waals surface area contributed by atoms with Crippen LogP contribution in [0.4, 0.5) is 13.2 Å². The maximum Gasteiger partial charge on any atom is 0.416 e. The summed E-state index contributed by atoms with van der Waals surface area (Å²) >= 11 is 0. The first-order valence-electron chi connectivity index (χ1n) is 11.0. The number of carbonyl (C=O) groups excluding carboxylic acids is 2. The predicted octanol–water partition coefficient (Wildman–Crippen LogP) is 4.86. The van der Waals surface area contributed by atoms with E-state index in [1.807, 2.05) is 42.5 Å². The number of hydrogen-bond acceptors (Lipinski definition) is 3. The van der Waals surface area contributed by atoms with Crippen molar-refractivity contribution in [3.8, 4) is 0 Å². The molecule has 4 rings (SSSR count). The second-order valence-electron chi connectivity index (χ2n) is 8.27. The molecule has 34 heavy (non-hydrogen) atoms. The van der Waals surface area contributed by atoms with Gasteiger partial charge in [0.2, 0.25) is 5.91 Å². The van der Waals surface area contributed by atoms with E-state index in [9.17, 15) is 22.8 Å². The number of piperidine rings is 1. The fourth-order valence-corrected chi connectivity index (χ4v) is 4.15. The summed E-state index contributed by atoms with van der Waals surface area (Å²) in [7, 11) is 0. The van der Waals surface area contributed by atoms with E-state index in [-0.39, 0.29) is 29.3 Å². The molecule has 0 aliphatic carbocycles. The number of rotatable bonds is 5. The molecule has 2 aromatic carbocycles. The maximum atomic E-state index is 13.1. The van der Waals surface area contributed by atoms with Crippen LogP contribution in [0.15, 0.2) is 79.1 Å². The second kappa shape index (κ2) is 10.1. The smallest absolute Gasteiger partial charge is 0.345 e. The third-order valence-corrected chi connectivity index (χ3v) is 6.07. The molecule has 3 aromatic rings. The molecule has 0 radical (unpaired) electrons.